The number of aliphatic hydroxyl groups is 6. The molecule has 2 aliphatic rings. The van der Waals surface area contributed by atoms with Crippen LogP contribution in [0, 0.1) is 0 Å². The number of aldehydes is 1. The second-order valence-corrected chi connectivity index (χ2v) is 9.14. The molecule has 0 aliphatic carbocycles. The van der Waals surface area contributed by atoms with Gasteiger partial charge in [0, 0.05) is 5.56 Å². The van der Waals surface area contributed by atoms with Gasteiger partial charge in [-0.15, -0.1) is 0 Å². The van der Waals surface area contributed by atoms with Crippen molar-refractivity contribution < 1.29 is 76.3 Å². The minimum absolute atomic E-state index is 0.0185. The molecule has 17 heteroatoms. The second-order valence-electron chi connectivity index (χ2n) is 8.13. The maximum absolute atomic E-state index is 11.0. The van der Waals surface area contributed by atoms with Gasteiger partial charge in [-0.25, -0.2) is 8.42 Å². The molecule has 0 radical (unpaired) electrons. The van der Waals surface area contributed by atoms with Crippen LogP contribution in [0.2, 0.25) is 0 Å². The van der Waals surface area contributed by atoms with Crippen LogP contribution < -0.4 is 9.47 Å². The van der Waals surface area contributed by atoms with Gasteiger partial charge in [-0.05, 0) is 18.2 Å². The summed E-state index contributed by atoms with van der Waals surface area (Å²) in [6, 6.07) is 4.08. The van der Waals surface area contributed by atoms with Crippen LogP contribution in [-0.2, 0) is 28.8 Å². The van der Waals surface area contributed by atoms with E-state index in [4.69, 9.17) is 23.7 Å². The van der Waals surface area contributed by atoms with Crippen molar-refractivity contribution in [3.05, 3.63) is 23.8 Å². The lowest BCUT2D eigenvalue weighted by Crippen LogP contribution is -2.65. The van der Waals surface area contributed by atoms with Gasteiger partial charge in [0.1, 0.15) is 55.1 Å². The average Bonchev–Trinajstić information content (AvgIpc) is 2.87. The molecule has 2 heterocycles. The predicted octanol–water partition coefficient (Wildman–Crippen LogP) is -4.00. The van der Waals surface area contributed by atoms with E-state index in [0.717, 1.165) is 0 Å². The Morgan fingerprint density at radius 1 is 0.919 bits per heavy atom. The first kappa shape index (κ1) is 29.6. The number of aliphatic hydroxyl groups excluding tert-OH is 6. The Hall–Kier alpha value is -2.00. The first-order chi connectivity index (χ1) is 17.4. The number of carbonyl (C=O) groups excluding carboxylic acids is 1. The number of carbonyl (C=O) groups is 1. The fourth-order valence-corrected chi connectivity index (χ4v) is 4.37. The highest BCUT2D eigenvalue weighted by molar-refractivity contribution is 7.80. The van der Waals surface area contributed by atoms with E-state index in [1.54, 1.807) is 0 Å². The van der Waals surface area contributed by atoms with Gasteiger partial charge in [0.25, 0.3) is 0 Å². The quantitative estimate of drug-likeness (QED) is 0.0913. The minimum Gasteiger partial charge on any atom is -0.726 e. The molecule has 0 spiro atoms. The van der Waals surface area contributed by atoms with E-state index in [-0.39, 0.29) is 17.1 Å². The van der Waals surface area contributed by atoms with Crippen molar-refractivity contribution in [2.75, 3.05) is 20.3 Å². The van der Waals surface area contributed by atoms with Gasteiger partial charge in [0.05, 0.1) is 20.3 Å². The van der Waals surface area contributed by atoms with Crippen LogP contribution in [0.4, 0.5) is 0 Å². The summed E-state index contributed by atoms with van der Waals surface area (Å²) in [4.78, 5) is 11.0. The Kier molecular flexibility index (Phi) is 9.78. The number of ether oxygens (including phenoxy) is 5. The Balaban J connectivity index is 1.79. The summed E-state index contributed by atoms with van der Waals surface area (Å²) in [5, 5.41) is 61.1. The van der Waals surface area contributed by atoms with E-state index in [2.05, 4.69) is 4.18 Å². The Bertz CT molecular complexity index is 1020. The topological polar surface area (TPSA) is 251 Å². The highest BCUT2D eigenvalue weighted by Gasteiger charge is 2.52. The number of hydrogen-bond acceptors (Lipinski definition) is 16. The van der Waals surface area contributed by atoms with E-state index in [0.29, 0.717) is 6.29 Å². The molecule has 6 N–H and O–H groups in total. The predicted molar refractivity (Wildman–Crippen MR) is 114 cm³/mol. The van der Waals surface area contributed by atoms with Crippen LogP contribution in [0.5, 0.6) is 11.5 Å². The molecule has 210 valence electrons. The summed E-state index contributed by atoms with van der Waals surface area (Å²) in [7, 11) is -4.13. The van der Waals surface area contributed by atoms with Crippen molar-refractivity contribution >= 4 is 16.7 Å². The SMILES string of the molecule is COc1cc(C=O)ccc1O[C@@H]1O[C@H](CO)[C@@H](O[C@@H]2O[C@H](CO)[C@H](O)[C@H](OS(=O)(=O)[O-])[C@H]2O)[C@H](O)[C@H]1O. The summed E-state index contributed by atoms with van der Waals surface area (Å²) in [6.45, 7) is -1.73. The lowest BCUT2D eigenvalue weighted by atomic mass is 9.97. The third kappa shape index (κ3) is 6.72. The van der Waals surface area contributed by atoms with E-state index in [1.807, 2.05) is 0 Å². The molecule has 1 aromatic carbocycles. The van der Waals surface area contributed by atoms with Crippen LogP contribution in [0.1, 0.15) is 10.4 Å². The second kappa shape index (κ2) is 12.2. The maximum Gasteiger partial charge on any atom is 0.229 e. The molecule has 0 amide bonds. The third-order valence-electron chi connectivity index (χ3n) is 5.73. The Morgan fingerprint density at radius 3 is 2.14 bits per heavy atom. The molecule has 2 aliphatic heterocycles. The summed E-state index contributed by atoms with van der Waals surface area (Å²) in [5.74, 6) is 0.116. The van der Waals surface area contributed by atoms with Gasteiger partial charge in [0.2, 0.25) is 16.7 Å². The number of rotatable bonds is 10. The molecule has 2 saturated heterocycles. The summed E-state index contributed by atoms with van der Waals surface area (Å²) in [6.07, 6.45) is -17.5. The van der Waals surface area contributed by atoms with E-state index >= 15 is 0 Å². The maximum atomic E-state index is 11.0. The molecular formula is C20H27O16S-. The van der Waals surface area contributed by atoms with E-state index in [1.165, 1.54) is 25.3 Å². The van der Waals surface area contributed by atoms with E-state index < -0.39 is 85.0 Å². The Labute approximate surface area is 210 Å². The van der Waals surface area contributed by atoms with Crippen molar-refractivity contribution in [2.45, 2.75) is 61.4 Å². The fourth-order valence-electron chi connectivity index (χ4n) is 3.87. The van der Waals surface area contributed by atoms with E-state index in [9.17, 15) is 48.4 Å². The largest absolute Gasteiger partial charge is 0.726 e. The molecule has 1 aromatic rings. The van der Waals surface area contributed by atoms with Gasteiger partial charge in [0.15, 0.2) is 17.8 Å². The zero-order chi connectivity index (χ0) is 27.5. The van der Waals surface area contributed by atoms with Crippen molar-refractivity contribution in [3.63, 3.8) is 0 Å². The van der Waals surface area contributed by atoms with Crippen LogP contribution in [0.25, 0.3) is 0 Å². The summed E-state index contributed by atoms with van der Waals surface area (Å²) < 4.78 is 64.1. The molecule has 0 bridgehead atoms. The van der Waals surface area contributed by atoms with Crippen LogP contribution in [0.3, 0.4) is 0 Å². The zero-order valence-electron chi connectivity index (χ0n) is 19.2. The molecular weight excluding hydrogens is 528 g/mol. The van der Waals surface area contributed by atoms with Crippen LogP contribution in [0.15, 0.2) is 18.2 Å². The smallest absolute Gasteiger partial charge is 0.229 e. The molecule has 16 nitrogen and oxygen atoms in total. The number of hydrogen-bond donors (Lipinski definition) is 6. The molecule has 10 atom stereocenters. The molecule has 0 aromatic heterocycles. The highest BCUT2D eigenvalue weighted by Crippen LogP contribution is 2.34. The standard InChI is InChI=1S/C20H28O16S/c1-31-10-4-8(5-21)2-3-9(10)32-19-15(26)14(25)17(12(7-23)34-19)35-20-16(27)18(36-37(28,29)30)13(24)11(6-22)33-20/h2-5,11-20,22-27H,6-7H2,1H3,(H,28,29,30)/p-1/t11-,12-,13+,14-,15-,16-,17-,18+,19-,20+/m1/s1. The lowest BCUT2D eigenvalue weighted by molar-refractivity contribution is -0.350. The van der Waals surface area contributed by atoms with Crippen molar-refractivity contribution in [1.29, 1.82) is 0 Å². The first-order valence-electron chi connectivity index (χ1n) is 10.8. The normalized spacial score (nSPS) is 36.6. The molecule has 0 unspecified atom stereocenters. The van der Waals surface area contributed by atoms with Gasteiger partial charge in [-0.1, -0.05) is 0 Å². The average molecular weight is 555 g/mol. The number of benzene rings is 1. The van der Waals surface area contributed by atoms with Gasteiger partial charge >= 0.3 is 0 Å². The van der Waals surface area contributed by atoms with Crippen LogP contribution >= 0.6 is 0 Å². The summed E-state index contributed by atoms with van der Waals surface area (Å²) >= 11 is 0. The van der Waals surface area contributed by atoms with Crippen molar-refractivity contribution in [2.24, 2.45) is 0 Å². The number of methoxy groups -OCH3 is 1. The zero-order valence-corrected chi connectivity index (χ0v) is 20.0. The van der Waals surface area contributed by atoms with Gasteiger partial charge < -0.3 is 58.9 Å². The third-order valence-corrected chi connectivity index (χ3v) is 6.19. The van der Waals surface area contributed by atoms with Gasteiger partial charge in [-0.3, -0.25) is 8.98 Å². The molecule has 2 fully saturated rings. The highest BCUT2D eigenvalue weighted by atomic mass is 32.3. The van der Waals surface area contributed by atoms with Crippen molar-refractivity contribution in [3.8, 4) is 11.5 Å². The first-order valence-corrected chi connectivity index (χ1v) is 12.1. The fraction of sp³-hybridized carbons (Fsp3) is 0.650. The van der Waals surface area contributed by atoms with Gasteiger partial charge in [-0.2, -0.15) is 0 Å². The summed E-state index contributed by atoms with van der Waals surface area (Å²) in [5.41, 5.74) is 0.264. The molecule has 3 rings (SSSR count). The molecule has 0 saturated carbocycles. The minimum atomic E-state index is -5.42. The monoisotopic (exact) mass is 555 g/mol. The lowest BCUT2D eigenvalue weighted by Gasteiger charge is -2.46. The Morgan fingerprint density at radius 2 is 1.57 bits per heavy atom. The van der Waals surface area contributed by atoms with Crippen molar-refractivity contribution in [1.82, 2.24) is 0 Å². The van der Waals surface area contributed by atoms with Crippen LogP contribution in [-0.4, -0.2) is 132 Å². The molecule has 37 heavy (non-hydrogen) atoms.